The molecule has 0 radical (unpaired) electrons. The van der Waals surface area contributed by atoms with Gasteiger partial charge < -0.3 is 9.47 Å². The number of benzene rings is 1. The lowest BCUT2D eigenvalue weighted by molar-refractivity contribution is 0.309. The standard InChI is InChI=1S/C20H22FN3/c1-23-10-9-20-18(14-23)17-4-2-3-5-19(17)24(20)11-8-15-6-7-16(12-21)22-13-15/h2-7,13H,8-12,14H2,1H3. The van der Waals surface area contributed by atoms with Crippen LogP contribution in [0.4, 0.5) is 4.39 Å². The Labute approximate surface area is 141 Å². The number of para-hydroxylation sites is 1. The molecule has 4 heteroatoms. The molecular weight excluding hydrogens is 301 g/mol. The van der Waals surface area contributed by atoms with Gasteiger partial charge >= 0.3 is 0 Å². The second-order valence-corrected chi connectivity index (χ2v) is 6.62. The Bertz CT molecular complexity index is 851. The Morgan fingerprint density at radius 1 is 1.17 bits per heavy atom. The van der Waals surface area contributed by atoms with Crippen LogP contribution in [-0.2, 0) is 32.6 Å². The summed E-state index contributed by atoms with van der Waals surface area (Å²) in [7, 11) is 2.19. The molecule has 0 atom stereocenters. The maximum atomic E-state index is 12.6. The molecule has 0 bridgehead atoms. The first kappa shape index (κ1) is 15.3. The van der Waals surface area contributed by atoms with Crippen LogP contribution in [0, 0.1) is 0 Å². The number of aromatic nitrogens is 2. The molecule has 0 fully saturated rings. The maximum absolute atomic E-state index is 12.6. The average Bonchev–Trinajstić information content (AvgIpc) is 2.93. The first-order chi connectivity index (χ1) is 11.8. The highest BCUT2D eigenvalue weighted by atomic mass is 19.1. The second-order valence-electron chi connectivity index (χ2n) is 6.62. The topological polar surface area (TPSA) is 21.1 Å². The predicted octanol–water partition coefficient (Wildman–Crippen LogP) is 3.74. The lowest BCUT2D eigenvalue weighted by Crippen LogP contribution is -2.27. The molecule has 0 aliphatic carbocycles. The lowest BCUT2D eigenvalue weighted by Gasteiger charge is -2.24. The number of hydrogen-bond acceptors (Lipinski definition) is 2. The van der Waals surface area contributed by atoms with Gasteiger partial charge in [-0.3, -0.25) is 4.98 Å². The third kappa shape index (κ3) is 2.71. The van der Waals surface area contributed by atoms with Crippen LogP contribution in [0.3, 0.4) is 0 Å². The number of pyridine rings is 1. The van der Waals surface area contributed by atoms with Crippen LogP contribution in [0.1, 0.15) is 22.5 Å². The number of hydrogen-bond donors (Lipinski definition) is 0. The number of likely N-dealkylation sites (N-methyl/N-ethyl adjacent to an activating group) is 1. The summed E-state index contributed by atoms with van der Waals surface area (Å²) in [6.45, 7) is 2.57. The van der Waals surface area contributed by atoms with Gasteiger partial charge in [0.05, 0.1) is 5.69 Å². The third-order valence-electron chi connectivity index (χ3n) is 5.00. The molecule has 4 rings (SSSR count). The van der Waals surface area contributed by atoms with Crippen molar-refractivity contribution in [2.45, 2.75) is 32.6 Å². The quantitative estimate of drug-likeness (QED) is 0.729. The molecular formula is C20H22FN3. The van der Waals surface area contributed by atoms with Gasteiger partial charge in [0.2, 0.25) is 0 Å². The van der Waals surface area contributed by atoms with Crippen molar-refractivity contribution < 1.29 is 4.39 Å². The molecule has 3 nitrogen and oxygen atoms in total. The molecule has 3 aromatic rings. The summed E-state index contributed by atoms with van der Waals surface area (Å²) >= 11 is 0. The van der Waals surface area contributed by atoms with Gasteiger partial charge in [-0.2, -0.15) is 0 Å². The van der Waals surface area contributed by atoms with Crippen LogP contribution in [0.15, 0.2) is 42.6 Å². The Hall–Kier alpha value is -2.20. The van der Waals surface area contributed by atoms with Crippen molar-refractivity contribution in [1.82, 2.24) is 14.5 Å². The van der Waals surface area contributed by atoms with Crippen LogP contribution in [0.5, 0.6) is 0 Å². The van der Waals surface area contributed by atoms with Gasteiger partial charge in [0.15, 0.2) is 0 Å². The minimum absolute atomic E-state index is 0.496. The van der Waals surface area contributed by atoms with Crippen LogP contribution in [0.25, 0.3) is 10.9 Å². The summed E-state index contributed by atoms with van der Waals surface area (Å²) in [4.78, 5) is 6.55. The van der Waals surface area contributed by atoms with Gasteiger partial charge in [0.25, 0.3) is 0 Å². The highest BCUT2D eigenvalue weighted by molar-refractivity contribution is 5.85. The minimum Gasteiger partial charge on any atom is -0.344 e. The summed E-state index contributed by atoms with van der Waals surface area (Å²) in [5, 5.41) is 1.38. The molecule has 1 aliphatic rings. The van der Waals surface area contributed by atoms with Crippen LogP contribution >= 0.6 is 0 Å². The fourth-order valence-electron chi connectivity index (χ4n) is 3.71. The molecule has 0 spiro atoms. The fourth-order valence-corrected chi connectivity index (χ4v) is 3.71. The maximum Gasteiger partial charge on any atom is 0.131 e. The van der Waals surface area contributed by atoms with Crippen molar-refractivity contribution in [2.24, 2.45) is 0 Å². The molecule has 0 amide bonds. The summed E-state index contributed by atoms with van der Waals surface area (Å²) in [5.41, 5.74) is 5.94. The molecule has 3 heterocycles. The van der Waals surface area contributed by atoms with E-state index in [9.17, 15) is 4.39 Å². The number of alkyl halides is 1. The zero-order valence-corrected chi connectivity index (χ0v) is 14.0. The van der Waals surface area contributed by atoms with E-state index in [1.807, 2.05) is 6.07 Å². The van der Waals surface area contributed by atoms with Crippen molar-refractivity contribution in [3.05, 3.63) is 65.1 Å². The summed E-state index contributed by atoms with van der Waals surface area (Å²) < 4.78 is 15.1. The van der Waals surface area contributed by atoms with Crippen LogP contribution in [0.2, 0.25) is 0 Å². The van der Waals surface area contributed by atoms with E-state index in [4.69, 9.17) is 0 Å². The average molecular weight is 323 g/mol. The summed E-state index contributed by atoms with van der Waals surface area (Å²) in [6.07, 6.45) is 3.82. The van der Waals surface area contributed by atoms with Gasteiger partial charge in [-0.1, -0.05) is 24.3 Å². The zero-order chi connectivity index (χ0) is 16.5. The number of aryl methyl sites for hydroxylation is 2. The van der Waals surface area contributed by atoms with Crippen molar-refractivity contribution >= 4 is 10.9 Å². The van der Waals surface area contributed by atoms with Crippen LogP contribution < -0.4 is 0 Å². The van der Waals surface area contributed by atoms with Gasteiger partial charge in [0, 0.05) is 48.8 Å². The first-order valence-electron chi connectivity index (χ1n) is 8.53. The minimum atomic E-state index is -0.496. The number of fused-ring (bicyclic) bond motifs is 3. The third-order valence-corrected chi connectivity index (χ3v) is 5.00. The number of halogens is 1. The van der Waals surface area contributed by atoms with E-state index in [0.717, 1.165) is 38.0 Å². The van der Waals surface area contributed by atoms with E-state index in [1.54, 1.807) is 12.3 Å². The Morgan fingerprint density at radius 3 is 2.83 bits per heavy atom. The van der Waals surface area contributed by atoms with Crippen molar-refractivity contribution in [3.8, 4) is 0 Å². The second kappa shape index (κ2) is 6.36. The Balaban J connectivity index is 1.66. The monoisotopic (exact) mass is 323 g/mol. The molecule has 2 aromatic heterocycles. The van der Waals surface area contributed by atoms with Gasteiger partial charge in [-0.05, 0) is 36.7 Å². The fraction of sp³-hybridized carbons (Fsp3) is 0.350. The zero-order valence-electron chi connectivity index (χ0n) is 14.0. The Morgan fingerprint density at radius 2 is 2.04 bits per heavy atom. The molecule has 0 saturated heterocycles. The molecule has 1 aliphatic heterocycles. The van der Waals surface area contributed by atoms with Crippen molar-refractivity contribution in [2.75, 3.05) is 13.6 Å². The first-order valence-corrected chi connectivity index (χ1v) is 8.53. The van der Waals surface area contributed by atoms with E-state index in [2.05, 4.69) is 45.8 Å². The van der Waals surface area contributed by atoms with Gasteiger partial charge in [-0.15, -0.1) is 0 Å². The highest BCUT2D eigenvalue weighted by Crippen LogP contribution is 2.30. The van der Waals surface area contributed by atoms with E-state index in [0.29, 0.717) is 5.69 Å². The summed E-state index contributed by atoms with van der Waals surface area (Å²) in [6, 6.07) is 12.5. The van der Waals surface area contributed by atoms with Crippen LogP contribution in [-0.4, -0.2) is 28.0 Å². The molecule has 0 N–H and O–H groups in total. The summed E-state index contributed by atoms with van der Waals surface area (Å²) in [5.74, 6) is 0. The van der Waals surface area contributed by atoms with Crippen molar-refractivity contribution in [1.29, 1.82) is 0 Å². The molecule has 0 unspecified atom stereocenters. The van der Waals surface area contributed by atoms with E-state index >= 15 is 0 Å². The molecule has 124 valence electrons. The molecule has 1 aromatic carbocycles. The van der Waals surface area contributed by atoms with E-state index in [-0.39, 0.29) is 0 Å². The van der Waals surface area contributed by atoms with E-state index < -0.39 is 6.67 Å². The lowest BCUT2D eigenvalue weighted by atomic mass is 10.1. The van der Waals surface area contributed by atoms with Gasteiger partial charge in [-0.25, -0.2) is 4.39 Å². The number of nitrogens with zero attached hydrogens (tertiary/aromatic N) is 3. The van der Waals surface area contributed by atoms with Gasteiger partial charge in [0.1, 0.15) is 6.67 Å². The highest BCUT2D eigenvalue weighted by Gasteiger charge is 2.21. The van der Waals surface area contributed by atoms with E-state index in [1.165, 1.54) is 22.2 Å². The number of rotatable bonds is 4. The Kier molecular flexibility index (Phi) is 4.07. The SMILES string of the molecule is CN1CCc2c(c3ccccc3n2CCc2ccc(CF)nc2)C1. The predicted molar refractivity (Wildman–Crippen MR) is 94.7 cm³/mol. The molecule has 24 heavy (non-hydrogen) atoms. The largest absolute Gasteiger partial charge is 0.344 e. The molecule has 0 saturated carbocycles. The normalized spacial score (nSPS) is 14.9. The smallest absolute Gasteiger partial charge is 0.131 e. The van der Waals surface area contributed by atoms with Crippen molar-refractivity contribution in [3.63, 3.8) is 0 Å².